The Kier molecular flexibility index (Phi) is 12.6. The van der Waals surface area contributed by atoms with Crippen LogP contribution in [0, 0.1) is 0 Å². The molecule has 0 bridgehead atoms. The summed E-state index contributed by atoms with van der Waals surface area (Å²) < 4.78 is 10.3. The molecular formula is C12H26N2O7. The Bertz CT molecular complexity index is 268. The predicted octanol–water partition coefficient (Wildman–Crippen LogP) is -3.51. The first kappa shape index (κ1) is 20.3. The van der Waals surface area contributed by atoms with E-state index in [1.54, 1.807) is 0 Å². The Hall–Kier alpha value is -0.650. The van der Waals surface area contributed by atoms with Gasteiger partial charge < -0.3 is 40.7 Å². The summed E-state index contributed by atoms with van der Waals surface area (Å²) in [5.74, 6) is 0. The minimum atomic E-state index is -1.66. The molecule has 0 saturated carbocycles. The first-order valence-electron chi connectivity index (χ1n) is 6.73. The molecular weight excluding hydrogens is 284 g/mol. The van der Waals surface area contributed by atoms with Crippen molar-refractivity contribution >= 4 is 6.21 Å². The normalized spacial score (nSPS) is 17.8. The predicted molar refractivity (Wildman–Crippen MR) is 75.2 cm³/mol. The van der Waals surface area contributed by atoms with Crippen molar-refractivity contribution in [2.45, 2.75) is 24.4 Å². The molecule has 0 aliphatic heterocycles. The molecule has 0 fully saturated rings. The van der Waals surface area contributed by atoms with E-state index in [1.165, 1.54) is 0 Å². The number of ether oxygens (including phenoxy) is 2. The van der Waals surface area contributed by atoms with Gasteiger partial charge >= 0.3 is 0 Å². The van der Waals surface area contributed by atoms with Crippen LogP contribution in [-0.2, 0) is 9.47 Å². The summed E-state index contributed by atoms with van der Waals surface area (Å²) in [5.41, 5.74) is 5.23. The van der Waals surface area contributed by atoms with E-state index in [-0.39, 0.29) is 6.54 Å². The summed E-state index contributed by atoms with van der Waals surface area (Å²) in [5, 5.41) is 46.1. The smallest absolute Gasteiger partial charge is 0.117 e. The summed E-state index contributed by atoms with van der Waals surface area (Å²) >= 11 is 0. The van der Waals surface area contributed by atoms with Gasteiger partial charge in [0, 0.05) is 12.8 Å². The molecule has 9 heteroatoms. The molecule has 0 saturated heterocycles. The Labute approximate surface area is 123 Å². The average molecular weight is 310 g/mol. The second-order valence-electron chi connectivity index (χ2n) is 4.29. The Balaban J connectivity index is 3.72. The standard InChI is InChI=1S/C12H26N2O7/c13-1-3-20-5-6-21-4-2-14-7-9(16)11(18)12(19)10(17)8-15/h7,9-12,15-19H,1-6,8,13H2/t9-,10-,11+,12-/m0/s1. The van der Waals surface area contributed by atoms with Gasteiger partial charge in [-0.1, -0.05) is 0 Å². The summed E-state index contributed by atoms with van der Waals surface area (Å²) in [4.78, 5) is 3.82. The Morgan fingerprint density at radius 2 is 1.57 bits per heavy atom. The van der Waals surface area contributed by atoms with Crippen molar-refractivity contribution in [1.82, 2.24) is 0 Å². The van der Waals surface area contributed by atoms with Crippen LogP contribution in [-0.4, -0.2) is 102 Å². The third-order valence-electron chi connectivity index (χ3n) is 2.54. The fourth-order valence-corrected chi connectivity index (χ4v) is 1.33. The maximum absolute atomic E-state index is 9.51. The highest BCUT2D eigenvalue weighted by Crippen LogP contribution is 2.03. The maximum atomic E-state index is 9.51. The molecule has 0 aliphatic rings. The van der Waals surface area contributed by atoms with E-state index in [1.807, 2.05) is 0 Å². The van der Waals surface area contributed by atoms with Gasteiger partial charge in [0.1, 0.15) is 24.4 Å². The maximum Gasteiger partial charge on any atom is 0.117 e. The van der Waals surface area contributed by atoms with Crippen molar-refractivity contribution in [3.05, 3.63) is 0 Å². The van der Waals surface area contributed by atoms with Crippen molar-refractivity contribution < 1.29 is 35.0 Å². The van der Waals surface area contributed by atoms with Gasteiger partial charge in [0.2, 0.25) is 0 Å². The largest absolute Gasteiger partial charge is 0.394 e. The van der Waals surface area contributed by atoms with Crippen LogP contribution in [0.25, 0.3) is 0 Å². The second kappa shape index (κ2) is 13.0. The third-order valence-corrected chi connectivity index (χ3v) is 2.54. The number of hydrogen-bond donors (Lipinski definition) is 6. The molecule has 0 aromatic rings. The van der Waals surface area contributed by atoms with Gasteiger partial charge in [-0.25, -0.2) is 0 Å². The number of aliphatic imine (C=N–C) groups is 1. The summed E-state index contributed by atoms with van der Waals surface area (Å²) in [6.45, 7) is 1.64. The molecule has 4 atom stereocenters. The van der Waals surface area contributed by atoms with Crippen LogP contribution in [0.15, 0.2) is 4.99 Å². The molecule has 0 aromatic heterocycles. The van der Waals surface area contributed by atoms with Gasteiger partial charge in [0.05, 0.1) is 39.6 Å². The van der Waals surface area contributed by atoms with E-state index in [0.717, 1.165) is 6.21 Å². The molecule has 0 radical (unpaired) electrons. The first-order valence-corrected chi connectivity index (χ1v) is 6.73. The van der Waals surface area contributed by atoms with E-state index in [9.17, 15) is 15.3 Å². The quantitative estimate of drug-likeness (QED) is 0.151. The number of nitrogens with two attached hydrogens (primary N) is 1. The summed E-state index contributed by atoms with van der Waals surface area (Å²) in [7, 11) is 0. The number of aliphatic hydroxyl groups is 5. The Morgan fingerprint density at radius 1 is 0.952 bits per heavy atom. The molecule has 7 N–H and O–H groups in total. The fraction of sp³-hybridized carbons (Fsp3) is 0.917. The molecule has 0 unspecified atom stereocenters. The zero-order valence-electron chi connectivity index (χ0n) is 11.9. The van der Waals surface area contributed by atoms with Gasteiger partial charge in [-0.05, 0) is 0 Å². The zero-order valence-corrected chi connectivity index (χ0v) is 11.9. The van der Waals surface area contributed by atoms with E-state index >= 15 is 0 Å². The lowest BCUT2D eigenvalue weighted by Crippen LogP contribution is -2.46. The summed E-state index contributed by atoms with van der Waals surface area (Å²) in [6.07, 6.45) is -5.23. The molecule has 9 nitrogen and oxygen atoms in total. The lowest BCUT2D eigenvalue weighted by molar-refractivity contribution is -0.0999. The molecule has 0 heterocycles. The van der Waals surface area contributed by atoms with Gasteiger partial charge in [0.25, 0.3) is 0 Å². The third kappa shape index (κ3) is 9.82. The Morgan fingerprint density at radius 3 is 2.14 bits per heavy atom. The van der Waals surface area contributed by atoms with Crippen LogP contribution >= 0.6 is 0 Å². The van der Waals surface area contributed by atoms with Crippen LogP contribution in [0.5, 0.6) is 0 Å². The second-order valence-corrected chi connectivity index (χ2v) is 4.29. The van der Waals surface area contributed by atoms with E-state index < -0.39 is 31.0 Å². The van der Waals surface area contributed by atoms with Crippen LogP contribution in [0.4, 0.5) is 0 Å². The number of hydrogen-bond acceptors (Lipinski definition) is 9. The van der Waals surface area contributed by atoms with Gasteiger partial charge in [-0.15, -0.1) is 0 Å². The number of rotatable bonds is 13. The van der Waals surface area contributed by atoms with Gasteiger partial charge in [-0.2, -0.15) is 0 Å². The fourth-order valence-electron chi connectivity index (χ4n) is 1.33. The lowest BCUT2D eigenvalue weighted by atomic mass is 10.0. The highest BCUT2D eigenvalue weighted by molar-refractivity contribution is 5.63. The summed E-state index contributed by atoms with van der Waals surface area (Å²) in [6, 6.07) is 0. The van der Waals surface area contributed by atoms with E-state index in [4.69, 9.17) is 25.4 Å². The topological polar surface area (TPSA) is 158 Å². The number of aliphatic hydroxyl groups excluding tert-OH is 5. The first-order chi connectivity index (χ1) is 10.0. The van der Waals surface area contributed by atoms with Gasteiger partial charge in [0.15, 0.2) is 0 Å². The van der Waals surface area contributed by atoms with Crippen LogP contribution in [0.1, 0.15) is 0 Å². The van der Waals surface area contributed by atoms with E-state index in [2.05, 4.69) is 4.99 Å². The van der Waals surface area contributed by atoms with Crippen molar-refractivity contribution in [2.75, 3.05) is 46.1 Å². The van der Waals surface area contributed by atoms with Crippen LogP contribution < -0.4 is 5.73 Å². The van der Waals surface area contributed by atoms with Crippen molar-refractivity contribution in [2.24, 2.45) is 10.7 Å². The molecule has 0 spiro atoms. The lowest BCUT2D eigenvalue weighted by Gasteiger charge is -2.23. The van der Waals surface area contributed by atoms with Crippen molar-refractivity contribution in [1.29, 1.82) is 0 Å². The highest BCUT2D eigenvalue weighted by atomic mass is 16.5. The molecule has 0 aromatic carbocycles. The zero-order chi connectivity index (χ0) is 16.1. The van der Waals surface area contributed by atoms with Crippen molar-refractivity contribution in [3.63, 3.8) is 0 Å². The monoisotopic (exact) mass is 310 g/mol. The molecule has 126 valence electrons. The molecule has 21 heavy (non-hydrogen) atoms. The van der Waals surface area contributed by atoms with Crippen LogP contribution in [0.2, 0.25) is 0 Å². The minimum Gasteiger partial charge on any atom is -0.394 e. The molecule has 0 rings (SSSR count). The molecule has 0 amide bonds. The average Bonchev–Trinajstić information content (AvgIpc) is 2.50. The van der Waals surface area contributed by atoms with Crippen LogP contribution in [0.3, 0.4) is 0 Å². The SMILES string of the molecule is NCCOCCOCCN=C[C@H](O)[C@@H](O)[C@@H](O)[C@@H](O)CO. The van der Waals surface area contributed by atoms with E-state index in [0.29, 0.717) is 33.0 Å². The van der Waals surface area contributed by atoms with Crippen molar-refractivity contribution in [3.8, 4) is 0 Å². The van der Waals surface area contributed by atoms with Gasteiger partial charge in [-0.3, -0.25) is 4.99 Å². The highest BCUT2D eigenvalue weighted by Gasteiger charge is 2.28. The number of nitrogens with zero attached hydrogens (tertiary/aromatic N) is 1. The minimum absolute atomic E-state index is 0.263. The molecule has 0 aliphatic carbocycles.